The standard InChI is InChI=1S/C16H12ClFO3/c17-12-9-15-14(20-6-3-7-21-15)8-11(12)16(19)10-4-1-2-5-13(10)18/h1-2,4-5,8-9H,3,6-7H2. The summed E-state index contributed by atoms with van der Waals surface area (Å²) < 4.78 is 24.8. The Morgan fingerprint density at radius 2 is 1.71 bits per heavy atom. The second-order valence-electron chi connectivity index (χ2n) is 4.64. The fourth-order valence-electron chi connectivity index (χ4n) is 2.15. The Morgan fingerprint density at radius 3 is 2.43 bits per heavy atom. The van der Waals surface area contributed by atoms with Gasteiger partial charge in [0, 0.05) is 18.1 Å². The van der Waals surface area contributed by atoms with E-state index in [0.717, 1.165) is 6.42 Å². The highest BCUT2D eigenvalue weighted by Gasteiger charge is 2.21. The SMILES string of the molecule is O=C(c1ccccc1F)c1cc2c(cc1Cl)OCCCO2. The number of carbonyl (C=O) groups is 1. The Balaban J connectivity index is 2.05. The second-order valence-corrected chi connectivity index (χ2v) is 5.05. The maximum absolute atomic E-state index is 13.7. The summed E-state index contributed by atoms with van der Waals surface area (Å²) in [4.78, 5) is 12.4. The summed E-state index contributed by atoms with van der Waals surface area (Å²) in [6.45, 7) is 1.03. The van der Waals surface area contributed by atoms with Gasteiger partial charge in [-0.1, -0.05) is 23.7 Å². The Bertz CT molecular complexity index is 700. The van der Waals surface area contributed by atoms with Gasteiger partial charge in [-0.2, -0.15) is 0 Å². The van der Waals surface area contributed by atoms with Gasteiger partial charge < -0.3 is 9.47 Å². The summed E-state index contributed by atoms with van der Waals surface area (Å²) in [5, 5.41) is 0.215. The molecule has 0 aromatic heterocycles. The van der Waals surface area contributed by atoms with Gasteiger partial charge in [-0.15, -0.1) is 0 Å². The Morgan fingerprint density at radius 1 is 1.05 bits per heavy atom. The first-order valence-electron chi connectivity index (χ1n) is 6.55. The van der Waals surface area contributed by atoms with Crippen molar-refractivity contribution in [1.29, 1.82) is 0 Å². The minimum absolute atomic E-state index is 0.0195. The number of fused-ring (bicyclic) bond motifs is 1. The van der Waals surface area contributed by atoms with Crippen molar-refractivity contribution in [2.45, 2.75) is 6.42 Å². The molecule has 0 saturated heterocycles. The van der Waals surface area contributed by atoms with Crippen molar-refractivity contribution < 1.29 is 18.7 Å². The number of hydrogen-bond donors (Lipinski definition) is 0. The largest absolute Gasteiger partial charge is 0.490 e. The zero-order valence-electron chi connectivity index (χ0n) is 11.1. The first-order valence-corrected chi connectivity index (χ1v) is 6.93. The molecule has 0 radical (unpaired) electrons. The third kappa shape index (κ3) is 2.72. The maximum atomic E-state index is 13.7. The van der Waals surface area contributed by atoms with Gasteiger partial charge in [0.25, 0.3) is 0 Å². The van der Waals surface area contributed by atoms with E-state index in [9.17, 15) is 9.18 Å². The van der Waals surface area contributed by atoms with E-state index in [1.165, 1.54) is 30.3 Å². The summed E-state index contributed by atoms with van der Waals surface area (Å²) in [5.41, 5.74) is 0.180. The third-order valence-corrected chi connectivity index (χ3v) is 3.51. The van der Waals surface area contributed by atoms with Crippen LogP contribution in [0.2, 0.25) is 5.02 Å². The number of ketones is 1. The first-order chi connectivity index (χ1) is 10.2. The minimum Gasteiger partial charge on any atom is -0.490 e. The lowest BCUT2D eigenvalue weighted by atomic mass is 10.0. The van der Waals surface area contributed by atoms with E-state index in [1.54, 1.807) is 6.07 Å². The summed E-state index contributed by atoms with van der Waals surface area (Å²) >= 11 is 6.13. The molecule has 5 heteroatoms. The van der Waals surface area contributed by atoms with E-state index in [1.807, 2.05) is 0 Å². The van der Waals surface area contributed by atoms with Gasteiger partial charge in [-0.05, 0) is 18.2 Å². The van der Waals surface area contributed by atoms with E-state index < -0.39 is 11.6 Å². The van der Waals surface area contributed by atoms with Crippen LogP contribution in [0.15, 0.2) is 36.4 Å². The topological polar surface area (TPSA) is 35.5 Å². The molecule has 0 spiro atoms. The normalized spacial score (nSPS) is 13.6. The summed E-state index contributed by atoms with van der Waals surface area (Å²) in [6, 6.07) is 8.85. The molecule has 108 valence electrons. The first kappa shape index (κ1) is 13.9. The van der Waals surface area contributed by atoms with Crippen molar-refractivity contribution in [3.05, 3.63) is 58.4 Å². The van der Waals surface area contributed by atoms with Crippen LogP contribution in [-0.4, -0.2) is 19.0 Å². The average Bonchev–Trinajstić information content (AvgIpc) is 2.71. The van der Waals surface area contributed by atoms with Crippen LogP contribution in [0.1, 0.15) is 22.3 Å². The lowest BCUT2D eigenvalue weighted by molar-refractivity contribution is 0.103. The molecule has 0 aliphatic carbocycles. The van der Waals surface area contributed by atoms with Crippen LogP contribution >= 0.6 is 11.6 Å². The van der Waals surface area contributed by atoms with Crippen molar-refractivity contribution in [1.82, 2.24) is 0 Å². The van der Waals surface area contributed by atoms with Crippen molar-refractivity contribution >= 4 is 17.4 Å². The molecular formula is C16H12ClFO3. The Kier molecular flexibility index (Phi) is 3.80. The molecule has 2 aromatic rings. The molecule has 0 unspecified atom stereocenters. The van der Waals surface area contributed by atoms with E-state index in [4.69, 9.17) is 21.1 Å². The van der Waals surface area contributed by atoms with Crippen LogP contribution in [-0.2, 0) is 0 Å². The highest BCUT2D eigenvalue weighted by Crippen LogP contribution is 2.36. The number of ether oxygens (including phenoxy) is 2. The van der Waals surface area contributed by atoms with Crippen molar-refractivity contribution in [2.75, 3.05) is 13.2 Å². The number of halogens is 2. The summed E-state index contributed by atoms with van der Waals surface area (Å²) in [5.74, 6) is -0.0985. The van der Waals surface area contributed by atoms with E-state index in [2.05, 4.69) is 0 Å². The lowest BCUT2D eigenvalue weighted by Crippen LogP contribution is -2.06. The maximum Gasteiger partial charge on any atom is 0.197 e. The van der Waals surface area contributed by atoms with Crippen LogP contribution in [0.3, 0.4) is 0 Å². The number of rotatable bonds is 2. The molecule has 1 aliphatic heterocycles. The quantitative estimate of drug-likeness (QED) is 0.790. The molecule has 1 aliphatic rings. The zero-order chi connectivity index (χ0) is 14.8. The molecule has 0 atom stereocenters. The van der Waals surface area contributed by atoms with Gasteiger partial charge in [-0.25, -0.2) is 4.39 Å². The van der Waals surface area contributed by atoms with E-state index in [-0.39, 0.29) is 16.1 Å². The van der Waals surface area contributed by atoms with Gasteiger partial charge in [0.2, 0.25) is 0 Å². The molecule has 0 saturated carbocycles. The molecule has 21 heavy (non-hydrogen) atoms. The summed E-state index contributed by atoms with van der Waals surface area (Å²) in [7, 11) is 0. The van der Waals surface area contributed by atoms with Gasteiger partial charge >= 0.3 is 0 Å². The molecule has 0 N–H and O–H groups in total. The van der Waals surface area contributed by atoms with Gasteiger partial charge in [0.15, 0.2) is 17.3 Å². The Hall–Kier alpha value is -2.07. The van der Waals surface area contributed by atoms with Crippen molar-refractivity contribution in [3.8, 4) is 11.5 Å². The van der Waals surface area contributed by atoms with Gasteiger partial charge in [-0.3, -0.25) is 4.79 Å². The lowest BCUT2D eigenvalue weighted by Gasteiger charge is -2.11. The molecule has 2 aromatic carbocycles. The fourth-order valence-corrected chi connectivity index (χ4v) is 2.39. The van der Waals surface area contributed by atoms with Crippen LogP contribution < -0.4 is 9.47 Å². The third-order valence-electron chi connectivity index (χ3n) is 3.20. The minimum atomic E-state index is -0.578. The van der Waals surface area contributed by atoms with Crippen molar-refractivity contribution in [3.63, 3.8) is 0 Å². The predicted octanol–water partition coefficient (Wildman–Crippen LogP) is 3.87. The number of benzene rings is 2. The number of hydrogen-bond acceptors (Lipinski definition) is 3. The highest BCUT2D eigenvalue weighted by atomic mass is 35.5. The smallest absolute Gasteiger partial charge is 0.197 e. The molecular weight excluding hydrogens is 295 g/mol. The van der Waals surface area contributed by atoms with E-state index in [0.29, 0.717) is 24.7 Å². The monoisotopic (exact) mass is 306 g/mol. The van der Waals surface area contributed by atoms with Gasteiger partial charge in [0.05, 0.1) is 23.8 Å². The fraction of sp³-hybridized carbons (Fsp3) is 0.188. The molecule has 0 fully saturated rings. The molecule has 3 rings (SSSR count). The molecule has 0 bridgehead atoms. The molecule has 3 nitrogen and oxygen atoms in total. The zero-order valence-corrected chi connectivity index (χ0v) is 11.8. The summed E-state index contributed by atoms with van der Waals surface area (Å²) in [6.07, 6.45) is 0.753. The van der Waals surface area contributed by atoms with Crippen LogP contribution in [0.5, 0.6) is 11.5 Å². The Labute approximate surface area is 126 Å². The van der Waals surface area contributed by atoms with Crippen LogP contribution in [0.4, 0.5) is 4.39 Å². The van der Waals surface area contributed by atoms with Crippen LogP contribution in [0, 0.1) is 5.82 Å². The number of carbonyl (C=O) groups excluding carboxylic acids is 1. The molecule has 1 heterocycles. The molecule has 0 amide bonds. The average molecular weight is 307 g/mol. The predicted molar refractivity (Wildman–Crippen MR) is 76.9 cm³/mol. The van der Waals surface area contributed by atoms with Crippen LogP contribution in [0.25, 0.3) is 0 Å². The second kappa shape index (κ2) is 5.74. The highest BCUT2D eigenvalue weighted by molar-refractivity contribution is 6.35. The van der Waals surface area contributed by atoms with Crippen molar-refractivity contribution in [2.24, 2.45) is 0 Å². The van der Waals surface area contributed by atoms with E-state index >= 15 is 0 Å². The van der Waals surface area contributed by atoms with Gasteiger partial charge in [0.1, 0.15) is 5.82 Å².